The molecule has 1 atom stereocenters. The molecular formula is C66H104O6. The van der Waals surface area contributed by atoms with Gasteiger partial charge in [0.25, 0.3) is 0 Å². The van der Waals surface area contributed by atoms with Gasteiger partial charge in [0.15, 0.2) is 6.10 Å². The van der Waals surface area contributed by atoms with Crippen LogP contribution in [0, 0.1) is 0 Å². The van der Waals surface area contributed by atoms with Crippen LogP contribution < -0.4 is 0 Å². The summed E-state index contributed by atoms with van der Waals surface area (Å²) in [5.41, 5.74) is 0. The second-order valence-electron chi connectivity index (χ2n) is 18.5. The number of rotatable bonds is 50. The van der Waals surface area contributed by atoms with Crippen molar-refractivity contribution in [3.63, 3.8) is 0 Å². The molecule has 0 N–H and O–H groups in total. The van der Waals surface area contributed by atoms with Crippen molar-refractivity contribution in [2.75, 3.05) is 13.2 Å². The molecule has 0 aromatic heterocycles. The van der Waals surface area contributed by atoms with Gasteiger partial charge in [-0.25, -0.2) is 0 Å². The van der Waals surface area contributed by atoms with E-state index in [1.54, 1.807) is 0 Å². The summed E-state index contributed by atoms with van der Waals surface area (Å²) >= 11 is 0. The highest BCUT2D eigenvalue weighted by atomic mass is 16.6. The van der Waals surface area contributed by atoms with E-state index in [-0.39, 0.29) is 31.1 Å². The Balaban J connectivity index is 4.46. The van der Waals surface area contributed by atoms with Crippen molar-refractivity contribution in [1.29, 1.82) is 0 Å². The van der Waals surface area contributed by atoms with Crippen molar-refractivity contribution < 1.29 is 28.6 Å². The number of ether oxygens (including phenoxy) is 3. The van der Waals surface area contributed by atoms with Gasteiger partial charge in [0, 0.05) is 19.3 Å². The van der Waals surface area contributed by atoms with Gasteiger partial charge in [-0.2, -0.15) is 0 Å². The summed E-state index contributed by atoms with van der Waals surface area (Å²) in [6, 6.07) is 0. The van der Waals surface area contributed by atoms with E-state index >= 15 is 0 Å². The Bertz CT molecular complexity index is 1610. The standard InChI is InChI=1S/C66H104O6/c1-4-7-10-13-16-19-22-25-27-28-29-30-31-32-33-34-35-36-37-38-39-42-44-47-50-53-56-59-65(68)71-62-63(61-70-64(67)58-55-52-49-46-43-40-24-21-18-15-12-9-6-3)72-66(69)60-57-54-51-48-45-41-26-23-20-17-14-11-8-5-2/h7,10,12,14-17,19,21,23-27,29-30,32-33,35-36,38-39,44,47,63H,4-6,8-9,11,13,18,20,22,28,31,34,37,40-43,45-46,48-62H2,1-3H3/b10-7-,15-12-,17-14-,19-16-,24-21-,26-23-,27-25-,30-29-,33-32-,36-35-,39-38-,47-44-. The molecule has 0 rings (SSSR count). The maximum Gasteiger partial charge on any atom is 0.306 e. The molecule has 0 aliphatic rings. The predicted octanol–water partition coefficient (Wildman–Crippen LogP) is 19.6. The fraction of sp³-hybridized carbons (Fsp3) is 0.591. The fourth-order valence-corrected chi connectivity index (χ4v) is 7.22. The Morgan fingerprint density at radius 3 is 0.931 bits per heavy atom. The molecule has 0 saturated carbocycles. The van der Waals surface area contributed by atoms with E-state index in [2.05, 4.69) is 167 Å². The van der Waals surface area contributed by atoms with Crippen LogP contribution in [-0.4, -0.2) is 37.2 Å². The highest BCUT2D eigenvalue weighted by Gasteiger charge is 2.19. The lowest BCUT2D eigenvalue weighted by molar-refractivity contribution is -0.167. The van der Waals surface area contributed by atoms with E-state index in [1.165, 1.54) is 25.7 Å². The molecular weight excluding hydrogens is 889 g/mol. The number of allylic oxidation sites excluding steroid dienone is 24. The predicted molar refractivity (Wildman–Crippen MR) is 311 cm³/mol. The van der Waals surface area contributed by atoms with Gasteiger partial charge in [0.2, 0.25) is 0 Å². The van der Waals surface area contributed by atoms with Gasteiger partial charge in [0.1, 0.15) is 13.2 Å². The van der Waals surface area contributed by atoms with Crippen molar-refractivity contribution in [3.8, 4) is 0 Å². The Kier molecular flexibility index (Phi) is 55.0. The summed E-state index contributed by atoms with van der Waals surface area (Å²) in [5, 5.41) is 0. The number of carbonyl (C=O) groups excluding carboxylic acids is 3. The number of unbranched alkanes of at least 4 members (excludes halogenated alkanes) is 15. The first-order valence-electron chi connectivity index (χ1n) is 28.8. The lowest BCUT2D eigenvalue weighted by Crippen LogP contribution is -2.30. The Morgan fingerprint density at radius 1 is 0.292 bits per heavy atom. The van der Waals surface area contributed by atoms with Gasteiger partial charge in [-0.15, -0.1) is 0 Å². The van der Waals surface area contributed by atoms with Crippen LogP contribution in [-0.2, 0) is 28.6 Å². The summed E-state index contributed by atoms with van der Waals surface area (Å²) in [4.78, 5) is 38.1. The van der Waals surface area contributed by atoms with Crippen molar-refractivity contribution in [3.05, 3.63) is 146 Å². The van der Waals surface area contributed by atoms with Crippen LogP contribution in [0.1, 0.15) is 233 Å². The van der Waals surface area contributed by atoms with Crippen LogP contribution in [0.2, 0.25) is 0 Å². The molecule has 6 nitrogen and oxygen atoms in total. The van der Waals surface area contributed by atoms with Crippen LogP contribution in [0.25, 0.3) is 0 Å². The highest BCUT2D eigenvalue weighted by Crippen LogP contribution is 2.13. The Labute approximate surface area is 442 Å². The minimum atomic E-state index is -0.816. The summed E-state index contributed by atoms with van der Waals surface area (Å²) in [5.74, 6) is -0.991. The van der Waals surface area contributed by atoms with Crippen LogP contribution in [0.15, 0.2) is 146 Å². The minimum absolute atomic E-state index is 0.111. The monoisotopic (exact) mass is 993 g/mol. The molecule has 0 amide bonds. The van der Waals surface area contributed by atoms with Crippen molar-refractivity contribution in [1.82, 2.24) is 0 Å². The SMILES string of the molecule is CC/C=C\C/C=C\C/C=C\C/C=C\C/C=C\C/C=C\C/C=C\C/C=C\CCCCC(=O)OCC(COC(=O)CCCCCCC/C=C\C/C=C\CCC)OC(=O)CCCCCCC/C=C\C/C=C\CCCC. The van der Waals surface area contributed by atoms with Crippen LogP contribution in [0.3, 0.4) is 0 Å². The first kappa shape index (κ1) is 67.3. The second-order valence-corrected chi connectivity index (χ2v) is 18.5. The zero-order valence-corrected chi connectivity index (χ0v) is 46.1. The number of hydrogen-bond donors (Lipinski definition) is 0. The first-order valence-corrected chi connectivity index (χ1v) is 28.8. The van der Waals surface area contributed by atoms with Gasteiger partial charge in [-0.1, -0.05) is 224 Å². The van der Waals surface area contributed by atoms with Crippen LogP contribution >= 0.6 is 0 Å². The molecule has 0 saturated heterocycles. The zero-order valence-electron chi connectivity index (χ0n) is 46.1. The first-order chi connectivity index (χ1) is 35.5. The molecule has 0 fully saturated rings. The van der Waals surface area contributed by atoms with Gasteiger partial charge in [-0.05, 0) is 135 Å². The maximum absolute atomic E-state index is 12.8. The number of carbonyl (C=O) groups is 3. The molecule has 404 valence electrons. The molecule has 72 heavy (non-hydrogen) atoms. The molecule has 0 bridgehead atoms. The second kappa shape index (κ2) is 58.9. The smallest absolute Gasteiger partial charge is 0.306 e. The number of esters is 3. The highest BCUT2D eigenvalue weighted by molar-refractivity contribution is 5.71. The van der Waals surface area contributed by atoms with Gasteiger partial charge in [0.05, 0.1) is 0 Å². The Morgan fingerprint density at radius 2 is 0.569 bits per heavy atom. The zero-order chi connectivity index (χ0) is 52.2. The topological polar surface area (TPSA) is 78.9 Å². The van der Waals surface area contributed by atoms with E-state index in [0.29, 0.717) is 25.7 Å². The van der Waals surface area contributed by atoms with E-state index in [4.69, 9.17) is 14.2 Å². The van der Waals surface area contributed by atoms with Crippen molar-refractivity contribution in [2.45, 2.75) is 239 Å². The molecule has 0 aromatic carbocycles. The fourth-order valence-electron chi connectivity index (χ4n) is 7.22. The Hall–Kier alpha value is -4.71. The van der Waals surface area contributed by atoms with Crippen molar-refractivity contribution in [2.24, 2.45) is 0 Å². The van der Waals surface area contributed by atoms with Gasteiger partial charge < -0.3 is 14.2 Å². The van der Waals surface area contributed by atoms with Crippen LogP contribution in [0.5, 0.6) is 0 Å². The molecule has 1 unspecified atom stereocenters. The average Bonchev–Trinajstić information content (AvgIpc) is 3.38. The molecule has 0 aliphatic heterocycles. The van der Waals surface area contributed by atoms with Crippen molar-refractivity contribution >= 4 is 17.9 Å². The van der Waals surface area contributed by atoms with Crippen LogP contribution in [0.4, 0.5) is 0 Å². The summed E-state index contributed by atoms with van der Waals surface area (Å²) in [6.07, 6.45) is 84.1. The quantitative estimate of drug-likeness (QED) is 0.0261. The number of hydrogen-bond acceptors (Lipinski definition) is 6. The third-order valence-corrected chi connectivity index (χ3v) is 11.5. The summed E-state index contributed by atoms with van der Waals surface area (Å²) in [6.45, 7) is 6.34. The molecule has 0 aromatic rings. The lowest BCUT2D eigenvalue weighted by atomic mass is 10.1. The average molecular weight is 994 g/mol. The molecule has 0 spiro atoms. The normalized spacial score (nSPS) is 13.2. The van der Waals surface area contributed by atoms with Gasteiger partial charge >= 0.3 is 17.9 Å². The third-order valence-electron chi connectivity index (χ3n) is 11.5. The molecule has 0 radical (unpaired) electrons. The third kappa shape index (κ3) is 56.2. The minimum Gasteiger partial charge on any atom is -0.462 e. The lowest BCUT2D eigenvalue weighted by Gasteiger charge is -2.18. The van der Waals surface area contributed by atoms with E-state index in [9.17, 15) is 14.4 Å². The largest absolute Gasteiger partial charge is 0.462 e. The summed E-state index contributed by atoms with van der Waals surface area (Å²) in [7, 11) is 0. The summed E-state index contributed by atoms with van der Waals surface area (Å²) < 4.78 is 16.8. The maximum atomic E-state index is 12.8. The van der Waals surface area contributed by atoms with E-state index in [0.717, 1.165) is 161 Å². The molecule has 0 heterocycles. The van der Waals surface area contributed by atoms with E-state index < -0.39 is 6.10 Å². The van der Waals surface area contributed by atoms with Gasteiger partial charge in [-0.3, -0.25) is 14.4 Å². The molecule has 0 aliphatic carbocycles. The molecule has 6 heteroatoms. The van der Waals surface area contributed by atoms with E-state index in [1.807, 2.05) is 0 Å².